The van der Waals surface area contributed by atoms with Crippen molar-refractivity contribution < 1.29 is 26.9 Å². The number of carbonyl (C=O) groups excluding carboxylic acids is 1. The summed E-state index contributed by atoms with van der Waals surface area (Å²) in [5.41, 5.74) is 0.437. The number of halogens is 3. The SMILES string of the molecule is CC(C)c1ncc(C(F)(F)F)cc1NC(=O)Nc1cnc(Oc2ccc(-c3cnc(N4CCCS4=O)s3)cc2)nc1. The fourth-order valence-electron chi connectivity index (χ4n) is 3.94. The fourth-order valence-corrected chi connectivity index (χ4v) is 6.31. The number of rotatable bonds is 7. The van der Waals surface area contributed by atoms with Crippen molar-refractivity contribution in [3.8, 4) is 22.2 Å². The van der Waals surface area contributed by atoms with Crippen molar-refractivity contribution in [2.75, 3.05) is 27.2 Å². The Hall–Kier alpha value is -4.11. The molecule has 1 atom stereocenters. The molecule has 214 valence electrons. The molecule has 2 N–H and O–H groups in total. The Morgan fingerprint density at radius 3 is 2.41 bits per heavy atom. The molecule has 10 nitrogen and oxygen atoms in total. The zero-order chi connectivity index (χ0) is 29.1. The van der Waals surface area contributed by atoms with Gasteiger partial charge in [-0.15, -0.1) is 0 Å². The molecule has 1 aromatic carbocycles. The highest BCUT2D eigenvalue weighted by Gasteiger charge is 2.32. The number of carbonyl (C=O) groups is 1. The summed E-state index contributed by atoms with van der Waals surface area (Å²) in [5.74, 6) is 0.919. The van der Waals surface area contributed by atoms with Gasteiger partial charge in [-0.25, -0.2) is 24.0 Å². The number of ether oxygens (including phenoxy) is 1. The van der Waals surface area contributed by atoms with Crippen molar-refractivity contribution in [1.29, 1.82) is 0 Å². The number of hydrogen-bond acceptors (Lipinski definition) is 8. The van der Waals surface area contributed by atoms with E-state index in [4.69, 9.17) is 4.74 Å². The van der Waals surface area contributed by atoms with Crippen LogP contribution in [-0.2, 0) is 17.2 Å². The second-order valence-electron chi connectivity index (χ2n) is 9.26. The molecule has 4 aromatic rings. The van der Waals surface area contributed by atoms with Crippen LogP contribution in [0.4, 0.5) is 34.5 Å². The summed E-state index contributed by atoms with van der Waals surface area (Å²) in [6.45, 7) is 4.25. The van der Waals surface area contributed by atoms with E-state index in [-0.39, 0.29) is 23.3 Å². The summed E-state index contributed by atoms with van der Waals surface area (Å²) in [6.07, 6.45) is 1.41. The van der Waals surface area contributed by atoms with Crippen molar-refractivity contribution in [3.63, 3.8) is 0 Å². The number of amides is 2. The van der Waals surface area contributed by atoms with E-state index >= 15 is 0 Å². The van der Waals surface area contributed by atoms with Gasteiger partial charge in [0.25, 0.3) is 0 Å². The van der Waals surface area contributed by atoms with Crippen LogP contribution in [0.15, 0.2) is 55.1 Å². The molecule has 1 aliphatic heterocycles. The van der Waals surface area contributed by atoms with Gasteiger partial charge in [0.05, 0.1) is 39.9 Å². The predicted molar refractivity (Wildman–Crippen MR) is 151 cm³/mol. The molecule has 1 unspecified atom stereocenters. The average molecular weight is 604 g/mol. The zero-order valence-corrected chi connectivity index (χ0v) is 23.4. The molecule has 1 saturated heterocycles. The number of urea groups is 1. The smallest absolute Gasteiger partial charge is 0.417 e. The minimum atomic E-state index is -4.60. The van der Waals surface area contributed by atoms with E-state index in [0.717, 1.165) is 40.8 Å². The average Bonchev–Trinajstić information content (AvgIpc) is 3.58. The Labute approximate surface area is 239 Å². The molecule has 3 aromatic heterocycles. The number of aromatic nitrogens is 4. The molecular weight excluding hydrogens is 579 g/mol. The Kier molecular flexibility index (Phi) is 8.17. The molecule has 0 radical (unpaired) electrons. The van der Waals surface area contributed by atoms with E-state index in [9.17, 15) is 22.2 Å². The molecule has 2 amide bonds. The Morgan fingerprint density at radius 2 is 1.78 bits per heavy atom. The number of thiazole rings is 1. The Morgan fingerprint density at radius 1 is 1.05 bits per heavy atom. The monoisotopic (exact) mass is 603 g/mol. The topological polar surface area (TPSA) is 122 Å². The van der Waals surface area contributed by atoms with E-state index < -0.39 is 28.8 Å². The molecule has 1 fully saturated rings. The number of nitrogens with zero attached hydrogens (tertiary/aromatic N) is 5. The van der Waals surface area contributed by atoms with Gasteiger partial charge in [-0.1, -0.05) is 25.2 Å². The first-order valence-corrected chi connectivity index (χ1v) is 14.5. The molecule has 0 spiro atoms. The summed E-state index contributed by atoms with van der Waals surface area (Å²) in [4.78, 5) is 29.9. The van der Waals surface area contributed by atoms with E-state index in [1.165, 1.54) is 23.7 Å². The first-order valence-electron chi connectivity index (χ1n) is 12.4. The van der Waals surface area contributed by atoms with Gasteiger partial charge in [-0.2, -0.15) is 13.2 Å². The zero-order valence-electron chi connectivity index (χ0n) is 21.8. The number of nitrogens with one attached hydrogen (secondary N) is 2. The second kappa shape index (κ2) is 11.8. The van der Waals surface area contributed by atoms with Gasteiger partial charge in [-0.05, 0) is 48.2 Å². The van der Waals surface area contributed by atoms with E-state index in [2.05, 4.69) is 30.6 Å². The largest absolute Gasteiger partial charge is 0.424 e. The summed E-state index contributed by atoms with van der Waals surface area (Å²) in [6, 6.07) is 7.34. The molecule has 5 rings (SSSR count). The van der Waals surface area contributed by atoms with Gasteiger partial charge in [0, 0.05) is 24.7 Å². The number of benzene rings is 1. The van der Waals surface area contributed by atoms with E-state index in [1.807, 2.05) is 16.4 Å². The maximum Gasteiger partial charge on any atom is 0.417 e. The number of hydrogen-bond donors (Lipinski definition) is 2. The van der Waals surface area contributed by atoms with Gasteiger partial charge in [-0.3, -0.25) is 9.29 Å². The van der Waals surface area contributed by atoms with Crippen LogP contribution in [0.2, 0.25) is 0 Å². The van der Waals surface area contributed by atoms with Gasteiger partial charge < -0.3 is 15.4 Å². The standard InChI is InChI=1S/C26H24F3N7O3S2/c1-15(2)22-20(10-17(11-30-22)26(27,28)29)35-23(37)34-18-12-31-24(32-13-18)39-19-6-4-16(5-7-19)21-14-33-25(40-21)36-8-3-9-41(36)38/h4-7,10-15H,3,8-9H2,1-2H3,(H2,34,35,37). The molecule has 4 heterocycles. The lowest BCUT2D eigenvalue weighted by atomic mass is 10.1. The van der Waals surface area contributed by atoms with Crippen LogP contribution in [0, 0.1) is 0 Å². The number of alkyl halides is 3. The summed E-state index contributed by atoms with van der Waals surface area (Å²) < 4.78 is 59.0. The molecule has 0 bridgehead atoms. The van der Waals surface area contributed by atoms with Crippen molar-refractivity contribution >= 4 is 44.9 Å². The minimum Gasteiger partial charge on any atom is -0.424 e. The summed E-state index contributed by atoms with van der Waals surface area (Å²) in [7, 11) is -1.02. The molecule has 15 heteroatoms. The highest BCUT2D eigenvalue weighted by Crippen LogP contribution is 2.35. The van der Waals surface area contributed by atoms with Crippen LogP contribution in [0.5, 0.6) is 11.8 Å². The van der Waals surface area contributed by atoms with Crippen LogP contribution < -0.4 is 19.7 Å². The molecule has 1 aliphatic rings. The number of pyridine rings is 1. The highest BCUT2D eigenvalue weighted by molar-refractivity contribution is 7.87. The lowest BCUT2D eigenvalue weighted by Crippen LogP contribution is -2.22. The minimum absolute atomic E-state index is 0.0319. The van der Waals surface area contributed by atoms with Crippen molar-refractivity contribution in [3.05, 3.63) is 66.4 Å². The van der Waals surface area contributed by atoms with Crippen molar-refractivity contribution in [2.24, 2.45) is 0 Å². The third-order valence-electron chi connectivity index (χ3n) is 5.91. The molecule has 0 aliphatic carbocycles. The van der Waals surface area contributed by atoms with Gasteiger partial charge in [0.1, 0.15) is 16.7 Å². The van der Waals surface area contributed by atoms with E-state index in [1.54, 1.807) is 32.2 Å². The molecule has 41 heavy (non-hydrogen) atoms. The van der Waals surface area contributed by atoms with E-state index in [0.29, 0.717) is 17.2 Å². The van der Waals surface area contributed by atoms with Gasteiger partial charge >= 0.3 is 18.2 Å². The van der Waals surface area contributed by atoms with Crippen molar-refractivity contribution in [1.82, 2.24) is 19.9 Å². The third-order valence-corrected chi connectivity index (χ3v) is 8.58. The number of anilines is 3. The van der Waals surface area contributed by atoms with Crippen LogP contribution in [-0.4, -0.2) is 42.5 Å². The third kappa shape index (κ3) is 6.79. The summed E-state index contributed by atoms with van der Waals surface area (Å²) >= 11 is 1.47. The van der Waals surface area contributed by atoms with Crippen LogP contribution in [0.1, 0.15) is 37.4 Å². The van der Waals surface area contributed by atoms with Gasteiger partial charge in [0.2, 0.25) is 0 Å². The summed E-state index contributed by atoms with van der Waals surface area (Å²) in [5, 5.41) is 5.65. The Balaban J connectivity index is 1.19. The molecule has 0 saturated carbocycles. The maximum atomic E-state index is 13.1. The first-order chi connectivity index (χ1) is 19.6. The molecular formula is C26H24F3N7O3S2. The first kappa shape index (κ1) is 28.4. The quantitative estimate of drug-likeness (QED) is 0.249. The Bertz CT molecular complexity index is 1560. The maximum absolute atomic E-state index is 13.1. The second-order valence-corrected chi connectivity index (χ2v) is 11.8. The van der Waals surface area contributed by atoms with Crippen LogP contribution >= 0.6 is 11.3 Å². The lowest BCUT2D eigenvalue weighted by molar-refractivity contribution is -0.137. The highest BCUT2D eigenvalue weighted by atomic mass is 32.2. The normalized spacial score (nSPS) is 15.3. The van der Waals surface area contributed by atoms with Crippen LogP contribution in [0.25, 0.3) is 10.4 Å². The van der Waals surface area contributed by atoms with Crippen molar-refractivity contribution in [2.45, 2.75) is 32.4 Å². The predicted octanol–water partition coefficient (Wildman–Crippen LogP) is 6.45. The van der Waals surface area contributed by atoms with Crippen LogP contribution in [0.3, 0.4) is 0 Å². The van der Waals surface area contributed by atoms with Gasteiger partial charge in [0.15, 0.2) is 5.13 Å². The fraction of sp³-hybridized carbons (Fsp3) is 0.269. The lowest BCUT2D eigenvalue weighted by Gasteiger charge is -2.16.